The Balaban J connectivity index is 2.28. The van der Waals surface area contributed by atoms with Crippen molar-refractivity contribution < 1.29 is 9.59 Å². The van der Waals surface area contributed by atoms with E-state index < -0.39 is 5.91 Å². The number of nitrogens with one attached hydrogen (secondary N) is 1. The summed E-state index contributed by atoms with van der Waals surface area (Å²) in [5.41, 5.74) is 9.38. The quantitative estimate of drug-likeness (QED) is 0.903. The molecule has 0 saturated heterocycles. The molecule has 4 heteroatoms. The first-order valence-electron chi connectivity index (χ1n) is 7.96. The van der Waals surface area contributed by atoms with Crippen molar-refractivity contribution in [2.24, 2.45) is 11.1 Å². The van der Waals surface area contributed by atoms with Crippen LogP contribution in [-0.4, -0.2) is 18.4 Å². The zero-order valence-electron chi connectivity index (χ0n) is 14.6. The second-order valence-corrected chi connectivity index (χ2v) is 7.21. The van der Waals surface area contributed by atoms with Gasteiger partial charge in [-0.1, -0.05) is 39.0 Å². The lowest BCUT2D eigenvalue weighted by atomic mass is 9.95. The first-order chi connectivity index (χ1) is 11.2. The molecular formula is C20H24N2O2. The third-order valence-corrected chi connectivity index (χ3v) is 3.76. The average Bonchev–Trinajstić information content (AvgIpc) is 2.52. The van der Waals surface area contributed by atoms with Crippen LogP contribution in [0.1, 0.15) is 47.1 Å². The van der Waals surface area contributed by atoms with Crippen molar-refractivity contribution in [1.82, 2.24) is 5.32 Å². The fraction of sp³-hybridized carbons (Fsp3) is 0.300. The molecule has 0 fully saturated rings. The van der Waals surface area contributed by atoms with E-state index in [0.29, 0.717) is 17.7 Å². The average molecular weight is 324 g/mol. The second-order valence-electron chi connectivity index (χ2n) is 7.21. The Hall–Kier alpha value is -2.62. The normalized spacial score (nSPS) is 11.2. The van der Waals surface area contributed by atoms with Crippen molar-refractivity contribution in [3.05, 3.63) is 59.2 Å². The minimum absolute atomic E-state index is 0.0355. The molecule has 0 aromatic heterocycles. The van der Waals surface area contributed by atoms with Gasteiger partial charge in [0.1, 0.15) is 0 Å². The number of aryl methyl sites for hydroxylation is 1. The Morgan fingerprint density at radius 1 is 1.00 bits per heavy atom. The van der Waals surface area contributed by atoms with Crippen LogP contribution in [0.3, 0.4) is 0 Å². The van der Waals surface area contributed by atoms with Crippen molar-refractivity contribution in [3.63, 3.8) is 0 Å². The molecule has 0 spiro atoms. The number of nitrogens with two attached hydrogens (primary N) is 1. The maximum absolute atomic E-state index is 12.4. The highest BCUT2D eigenvalue weighted by molar-refractivity contribution is 5.96. The maximum Gasteiger partial charge on any atom is 0.251 e. The van der Waals surface area contributed by atoms with Gasteiger partial charge in [0, 0.05) is 17.7 Å². The lowest BCUT2D eigenvalue weighted by Crippen LogP contribution is -2.32. The number of benzene rings is 2. The number of carbonyl (C=O) groups excluding carboxylic acids is 2. The van der Waals surface area contributed by atoms with E-state index in [-0.39, 0.29) is 11.3 Å². The summed E-state index contributed by atoms with van der Waals surface area (Å²) in [5, 5.41) is 2.96. The zero-order valence-corrected chi connectivity index (χ0v) is 14.6. The summed E-state index contributed by atoms with van der Waals surface area (Å²) in [7, 11) is 0. The second kappa shape index (κ2) is 6.87. The molecule has 0 saturated carbocycles. The molecule has 0 heterocycles. The molecular weight excluding hydrogens is 300 g/mol. The SMILES string of the molecule is Cc1ccc(C(=O)NCC(C)(C)C)cc1-c1ccc(C(N)=O)cc1. The Morgan fingerprint density at radius 3 is 2.12 bits per heavy atom. The third-order valence-electron chi connectivity index (χ3n) is 3.76. The first-order valence-corrected chi connectivity index (χ1v) is 7.96. The Labute approximate surface area is 143 Å². The number of hydrogen-bond donors (Lipinski definition) is 2. The van der Waals surface area contributed by atoms with Gasteiger partial charge < -0.3 is 11.1 Å². The van der Waals surface area contributed by atoms with Gasteiger partial charge in [-0.05, 0) is 53.3 Å². The van der Waals surface area contributed by atoms with E-state index in [1.807, 2.05) is 37.3 Å². The van der Waals surface area contributed by atoms with Crippen LogP contribution >= 0.6 is 0 Å². The van der Waals surface area contributed by atoms with Gasteiger partial charge in [0.05, 0.1) is 0 Å². The summed E-state index contributed by atoms with van der Waals surface area (Å²) < 4.78 is 0. The molecule has 2 aromatic carbocycles. The van der Waals surface area contributed by atoms with Gasteiger partial charge in [-0.15, -0.1) is 0 Å². The van der Waals surface area contributed by atoms with Crippen molar-refractivity contribution in [1.29, 1.82) is 0 Å². The Kier molecular flexibility index (Phi) is 5.07. The van der Waals surface area contributed by atoms with Gasteiger partial charge in [0.25, 0.3) is 5.91 Å². The van der Waals surface area contributed by atoms with E-state index in [4.69, 9.17) is 5.73 Å². The maximum atomic E-state index is 12.4. The van der Waals surface area contributed by atoms with Gasteiger partial charge in [0.2, 0.25) is 5.91 Å². The minimum atomic E-state index is -0.450. The molecule has 0 radical (unpaired) electrons. The van der Waals surface area contributed by atoms with Crippen LogP contribution in [0.25, 0.3) is 11.1 Å². The molecule has 0 aliphatic heterocycles. The van der Waals surface area contributed by atoms with Crippen LogP contribution in [0, 0.1) is 12.3 Å². The monoisotopic (exact) mass is 324 g/mol. The van der Waals surface area contributed by atoms with Gasteiger partial charge >= 0.3 is 0 Å². The molecule has 24 heavy (non-hydrogen) atoms. The van der Waals surface area contributed by atoms with Gasteiger partial charge in [-0.2, -0.15) is 0 Å². The van der Waals surface area contributed by atoms with E-state index in [1.165, 1.54) is 0 Å². The summed E-state index contributed by atoms with van der Waals surface area (Å²) in [4.78, 5) is 23.5. The van der Waals surface area contributed by atoms with Crippen LogP contribution in [0.5, 0.6) is 0 Å². The van der Waals surface area contributed by atoms with Crippen molar-refractivity contribution >= 4 is 11.8 Å². The molecule has 2 aromatic rings. The molecule has 2 amide bonds. The van der Waals surface area contributed by atoms with E-state index in [9.17, 15) is 9.59 Å². The van der Waals surface area contributed by atoms with Crippen LogP contribution in [0.15, 0.2) is 42.5 Å². The summed E-state index contributed by atoms with van der Waals surface area (Å²) in [6.07, 6.45) is 0. The van der Waals surface area contributed by atoms with E-state index >= 15 is 0 Å². The molecule has 0 aliphatic carbocycles. The molecule has 3 N–H and O–H groups in total. The van der Waals surface area contributed by atoms with Crippen molar-refractivity contribution in [2.45, 2.75) is 27.7 Å². The number of primary amides is 1. The van der Waals surface area contributed by atoms with E-state index in [1.54, 1.807) is 12.1 Å². The standard InChI is InChI=1S/C20H24N2O2/c1-13-5-6-16(19(24)22-12-20(2,3)4)11-17(13)14-7-9-15(10-8-14)18(21)23/h5-11H,12H2,1-4H3,(H2,21,23)(H,22,24). The number of carbonyl (C=O) groups is 2. The lowest BCUT2D eigenvalue weighted by molar-refractivity contribution is 0.0938. The van der Waals surface area contributed by atoms with Crippen LogP contribution < -0.4 is 11.1 Å². The predicted octanol–water partition coefficient (Wildman–Crippen LogP) is 3.54. The predicted molar refractivity (Wildman–Crippen MR) is 96.9 cm³/mol. The topological polar surface area (TPSA) is 72.2 Å². The van der Waals surface area contributed by atoms with Crippen molar-refractivity contribution in [3.8, 4) is 11.1 Å². The number of amides is 2. The Bertz CT molecular complexity index is 756. The molecule has 4 nitrogen and oxygen atoms in total. The van der Waals surface area contributed by atoms with Crippen molar-refractivity contribution in [2.75, 3.05) is 6.54 Å². The number of hydrogen-bond acceptors (Lipinski definition) is 2. The summed E-state index contributed by atoms with van der Waals surface area (Å²) in [6.45, 7) is 8.84. The fourth-order valence-corrected chi connectivity index (χ4v) is 2.34. The highest BCUT2D eigenvalue weighted by Gasteiger charge is 2.14. The van der Waals surface area contributed by atoms with E-state index in [2.05, 4.69) is 26.1 Å². The highest BCUT2D eigenvalue weighted by atomic mass is 16.2. The van der Waals surface area contributed by atoms with Crippen LogP contribution in [0.4, 0.5) is 0 Å². The minimum Gasteiger partial charge on any atom is -0.366 e. The first kappa shape index (κ1) is 17.7. The smallest absolute Gasteiger partial charge is 0.251 e. The zero-order chi connectivity index (χ0) is 17.9. The summed E-state index contributed by atoms with van der Waals surface area (Å²) in [5.74, 6) is -0.534. The molecule has 126 valence electrons. The van der Waals surface area contributed by atoms with Gasteiger partial charge in [-0.3, -0.25) is 9.59 Å². The van der Waals surface area contributed by atoms with Crippen LogP contribution in [-0.2, 0) is 0 Å². The molecule has 0 unspecified atom stereocenters. The summed E-state index contributed by atoms with van der Waals surface area (Å²) in [6, 6.07) is 12.7. The Morgan fingerprint density at radius 2 is 1.58 bits per heavy atom. The third kappa shape index (κ3) is 4.44. The van der Waals surface area contributed by atoms with E-state index in [0.717, 1.165) is 16.7 Å². The molecule has 0 bridgehead atoms. The molecule has 0 atom stereocenters. The molecule has 0 aliphatic rings. The summed E-state index contributed by atoms with van der Waals surface area (Å²) >= 11 is 0. The molecule has 2 rings (SSSR count). The van der Waals surface area contributed by atoms with Gasteiger partial charge in [-0.25, -0.2) is 0 Å². The van der Waals surface area contributed by atoms with Gasteiger partial charge in [0.15, 0.2) is 0 Å². The largest absolute Gasteiger partial charge is 0.366 e. The lowest BCUT2D eigenvalue weighted by Gasteiger charge is -2.19. The fourth-order valence-electron chi connectivity index (χ4n) is 2.34. The number of rotatable bonds is 4. The van der Waals surface area contributed by atoms with Crippen LogP contribution in [0.2, 0.25) is 0 Å². The highest BCUT2D eigenvalue weighted by Crippen LogP contribution is 2.25.